The first-order chi connectivity index (χ1) is 9.70. The summed E-state index contributed by atoms with van der Waals surface area (Å²) < 4.78 is 39.9. The number of halogens is 4. The number of aryl methyl sites for hydroxylation is 1. The fourth-order valence-electron chi connectivity index (χ4n) is 1.69. The molecule has 0 spiro atoms. The van der Waals surface area contributed by atoms with Crippen LogP contribution in [0, 0.1) is 6.92 Å². The Hall–Kier alpha value is -1.83. The van der Waals surface area contributed by atoms with E-state index in [0.29, 0.717) is 4.47 Å². The zero-order valence-electron chi connectivity index (χ0n) is 11.1. The number of carbonyl (C=O) groups is 1. The van der Waals surface area contributed by atoms with Gasteiger partial charge in [-0.3, -0.25) is 9.48 Å². The van der Waals surface area contributed by atoms with Gasteiger partial charge in [0.25, 0.3) is 5.91 Å². The summed E-state index contributed by atoms with van der Waals surface area (Å²) >= 11 is 3.24. The summed E-state index contributed by atoms with van der Waals surface area (Å²) in [6.07, 6.45) is -4.46. The van der Waals surface area contributed by atoms with Gasteiger partial charge in [0.15, 0.2) is 5.69 Å². The van der Waals surface area contributed by atoms with Crippen molar-refractivity contribution >= 4 is 27.5 Å². The van der Waals surface area contributed by atoms with Crippen LogP contribution in [0.3, 0.4) is 0 Å². The van der Waals surface area contributed by atoms with Crippen molar-refractivity contribution in [1.82, 2.24) is 9.78 Å². The molecule has 1 amide bonds. The Kier molecular flexibility index (Phi) is 4.08. The lowest BCUT2D eigenvalue weighted by Gasteiger charge is -2.09. The number of nitrogens with one attached hydrogen (secondary N) is 1. The molecule has 112 valence electrons. The molecule has 0 fully saturated rings. The summed E-state index contributed by atoms with van der Waals surface area (Å²) in [4.78, 5) is 12.1. The molecular weight excluding hydrogens is 351 g/mol. The first-order valence-electron chi connectivity index (χ1n) is 5.88. The molecule has 0 saturated carbocycles. The van der Waals surface area contributed by atoms with Gasteiger partial charge in [-0.25, -0.2) is 0 Å². The molecule has 2 aromatic rings. The monoisotopic (exact) mass is 361 g/mol. The van der Waals surface area contributed by atoms with Crippen LogP contribution in [0.15, 0.2) is 28.7 Å². The Morgan fingerprint density at radius 3 is 2.57 bits per heavy atom. The summed E-state index contributed by atoms with van der Waals surface area (Å²) in [7, 11) is 1.67. The van der Waals surface area contributed by atoms with Crippen molar-refractivity contribution in [1.29, 1.82) is 0 Å². The molecule has 4 nitrogen and oxygen atoms in total. The summed E-state index contributed by atoms with van der Waals surface area (Å²) in [6.45, 7) is 1.76. The van der Waals surface area contributed by atoms with E-state index < -0.39 is 17.6 Å². The van der Waals surface area contributed by atoms with Crippen molar-refractivity contribution in [3.05, 3.63) is 45.7 Å². The van der Waals surface area contributed by atoms with Gasteiger partial charge in [-0.15, -0.1) is 0 Å². The average Bonchev–Trinajstić information content (AvgIpc) is 2.66. The first kappa shape index (κ1) is 15.6. The number of hydrogen-bond donors (Lipinski definition) is 1. The molecule has 0 aliphatic heterocycles. The zero-order valence-corrected chi connectivity index (χ0v) is 12.7. The fraction of sp³-hybridized carbons (Fsp3) is 0.231. The maximum Gasteiger partial charge on any atom is 0.416 e. The largest absolute Gasteiger partial charge is 0.416 e. The van der Waals surface area contributed by atoms with E-state index >= 15 is 0 Å². The summed E-state index contributed by atoms with van der Waals surface area (Å²) in [5, 5.41) is 6.42. The topological polar surface area (TPSA) is 46.9 Å². The molecule has 0 aliphatic rings. The van der Waals surface area contributed by atoms with Crippen LogP contribution >= 0.6 is 15.9 Å². The average molecular weight is 362 g/mol. The Morgan fingerprint density at radius 2 is 2.05 bits per heavy atom. The molecule has 2 rings (SSSR count). The molecule has 0 radical (unpaired) electrons. The van der Waals surface area contributed by atoms with Gasteiger partial charge in [0.2, 0.25) is 0 Å². The second-order valence-corrected chi connectivity index (χ2v) is 5.20. The molecule has 1 aromatic heterocycles. The van der Waals surface area contributed by atoms with Crippen molar-refractivity contribution < 1.29 is 18.0 Å². The van der Waals surface area contributed by atoms with Crippen molar-refractivity contribution in [3.8, 4) is 0 Å². The molecular formula is C13H11BrF3N3O. The molecule has 8 heteroatoms. The standard InChI is InChI=1S/C13H11BrF3N3O/c1-7-10(14)11(19-20(7)2)12(21)18-9-5-3-4-8(6-9)13(15,16)17/h3-6H,1-2H3,(H,18,21). The molecule has 1 N–H and O–H groups in total. The predicted molar refractivity (Wildman–Crippen MR) is 75.0 cm³/mol. The molecule has 0 aliphatic carbocycles. The van der Waals surface area contributed by atoms with E-state index in [-0.39, 0.29) is 11.4 Å². The van der Waals surface area contributed by atoms with Crippen LogP contribution in [0.1, 0.15) is 21.7 Å². The van der Waals surface area contributed by atoms with E-state index in [1.165, 1.54) is 16.8 Å². The smallest absolute Gasteiger partial charge is 0.321 e. The van der Waals surface area contributed by atoms with Crippen LogP contribution in [0.25, 0.3) is 0 Å². The van der Waals surface area contributed by atoms with Gasteiger partial charge in [-0.1, -0.05) is 6.07 Å². The second kappa shape index (κ2) is 5.51. The molecule has 0 saturated heterocycles. The molecule has 1 aromatic carbocycles. The van der Waals surface area contributed by atoms with Gasteiger partial charge >= 0.3 is 6.18 Å². The highest BCUT2D eigenvalue weighted by Gasteiger charge is 2.30. The molecule has 1 heterocycles. The van der Waals surface area contributed by atoms with Crippen LogP contribution in [-0.2, 0) is 13.2 Å². The number of rotatable bonds is 2. The highest BCUT2D eigenvalue weighted by molar-refractivity contribution is 9.10. The third-order valence-electron chi connectivity index (χ3n) is 2.92. The van der Waals surface area contributed by atoms with E-state index in [9.17, 15) is 18.0 Å². The maximum atomic E-state index is 12.6. The number of alkyl halides is 3. The van der Waals surface area contributed by atoms with Crippen LogP contribution in [0.4, 0.5) is 18.9 Å². The van der Waals surface area contributed by atoms with Gasteiger partial charge < -0.3 is 5.32 Å². The first-order valence-corrected chi connectivity index (χ1v) is 6.67. The minimum Gasteiger partial charge on any atom is -0.321 e. The Balaban J connectivity index is 2.26. The highest BCUT2D eigenvalue weighted by Crippen LogP contribution is 2.31. The fourth-order valence-corrected chi connectivity index (χ4v) is 2.21. The quantitative estimate of drug-likeness (QED) is 0.884. The molecule has 0 unspecified atom stereocenters. The number of amides is 1. The van der Waals surface area contributed by atoms with Gasteiger partial charge in [0.1, 0.15) is 0 Å². The number of hydrogen-bond acceptors (Lipinski definition) is 2. The second-order valence-electron chi connectivity index (χ2n) is 4.40. The van der Waals surface area contributed by atoms with Crippen molar-refractivity contribution in [3.63, 3.8) is 0 Å². The predicted octanol–water partition coefficient (Wildman–Crippen LogP) is 3.76. The molecule has 0 bridgehead atoms. The van der Waals surface area contributed by atoms with Gasteiger partial charge in [0.05, 0.1) is 15.7 Å². The lowest BCUT2D eigenvalue weighted by molar-refractivity contribution is -0.137. The summed E-state index contributed by atoms with van der Waals surface area (Å²) in [6, 6.07) is 4.44. The van der Waals surface area contributed by atoms with Gasteiger partial charge in [-0.2, -0.15) is 18.3 Å². The van der Waals surface area contributed by atoms with Crippen molar-refractivity contribution in [2.45, 2.75) is 13.1 Å². The third kappa shape index (κ3) is 3.26. The van der Waals surface area contributed by atoms with E-state index in [1.807, 2.05) is 0 Å². The number of benzene rings is 1. The molecule has 21 heavy (non-hydrogen) atoms. The number of anilines is 1. The summed E-state index contributed by atoms with van der Waals surface area (Å²) in [5.74, 6) is -0.579. The van der Waals surface area contributed by atoms with Gasteiger partial charge in [-0.05, 0) is 41.1 Å². The van der Waals surface area contributed by atoms with Crippen LogP contribution < -0.4 is 5.32 Å². The van der Waals surface area contributed by atoms with Crippen molar-refractivity contribution in [2.75, 3.05) is 5.32 Å². The van der Waals surface area contributed by atoms with E-state index in [0.717, 1.165) is 17.8 Å². The number of aromatic nitrogens is 2. The SMILES string of the molecule is Cc1c(Br)c(C(=O)Nc2cccc(C(F)(F)F)c2)nn1C. The maximum absolute atomic E-state index is 12.6. The minimum absolute atomic E-state index is 0.0602. The number of carbonyl (C=O) groups excluding carboxylic acids is 1. The molecule has 0 atom stereocenters. The van der Waals surface area contributed by atoms with E-state index in [2.05, 4.69) is 26.3 Å². The summed E-state index contributed by atoms with van der Waals surface area (Å²) in [5.41, 5.74) is 0.0956. The van der Waals surface area contributed by atoms with Gasteiger partial charge in [0, 0.05) is 12.7 Å². The Bertz CT molecular complexity index is 694. The third-order valence-corrected chi connectivity index (χ3v) is 3.87. The van der Waals surface area contributed by atoms with Crippen LogP contribution in [-0.4, -0.2) is 15.7 Å². The Morgan fingerprint density at radius 1 is 1.38 bits per heavy atom. The van der Waals surface area contributed by atoms with Crippen LogP contribution in [0.2, 0.25) is 0 Å². The normalized spacial score (nSPS) is 11.5. The minimum atomic E-state index is -4.46. The van der Waals surface area contributed by atoms with Crippen LogP contribution in [0.5, 0.6) is 0 Å². The lowest BCUT2D eigenvalue weighted by Crippen LogP contribution is -2.14. The van der Waals surface area contributed by atoms with Crippen molar-refractivity contribution in [2.24, 2.45) is 7.05 Å². The lowest BCUT2D eigenvalue weighted by atomic mass is 10.2. The number of nitrogens with zero attached hydrogens (tertiary/aromatic N) is 2. The zero-order chi connectivity index (χ0) is 15.8. The highest BCUT2D eigenvalue weighted by atomic mass is 79.9. The van der Waals surface area contributed by atoms with E-state index in [1.54, 1.807) is 14.0 Å². The van der Waals surface area contributed by atoms with E-state index in [4.69, 9.17) is 0 Å². The Labute approximate surface area is 127 Å².